The molecule has 10 heteroatoms. The number of benzene rings is 2. The molecule has 2 aromatic rings. The average Bonchev–Trinajstić information content (AvgIpc) is 2.65. The van der Waals surface area contributed by atoms with Gasteiger partial charge in [0, 0.05) is 11.6 Å². The van der Waals surface area contributed by atoms with Gasteiger partial charge in [-0.1, -0.05) is 23.7 Å². The van der Waals surface area contributed by atoms with Gasteiger partial charge in [-0.2, -0.15) is 0 Å². The Morgan fingerprint density at radius 3 is 2.41 bits per heavy atom. The molecule has 27 heavy (non-hydrogen) atoms. The lowest BCUT2D eigenvalue weighted by molar-refractivity contribution is -0.121. The summed E-state index contributed by atoms with van der Waals surface area (Å²) in [5.74, 6) is -1.66. The number of primary amides is 1. The highest BCUT2D eigenvalue weighted by Gasteiger charge is 2.22. The van der Waals surface area contributed by atoms with E-state index in [-0.39, 0.29) is 22.8 Å². The van der Waals surface area contributed by atoms with Crippen LogP contribution in [0.25, 0.3) is 0 Å². The number of hydrogen-bond acceptors (Lipinski definition) is 6. The first-order chi connectivity index (χ1) is 12.7. The maximum atomic E-state index is 12.6. The zero-order valence-electron chi connectivity index (χ0n) is 14.3. The highest BCUT2D eigenvalue weighted by molar-refractivity contribution is 7.89. The lowest BCUT2D eigenvalue weighted by Gasteiger charge is -2.12. The summed E-state index contributed by atoms with van der Waals surface area (Å²) in [7, 11) is -2.70. The van der Waals surface area contributed by atoms with Gasteiger partial charge in [-0.05, 0) is 35.9 Å². The fraction of sp³-hybridized carbons (Fsp3) is 0.176. The van der Waals surface area contributed by atoms with E-state index in [1.165, 1.54) is 19.2 Å². The molecule has 2 aromatic carbocycles. The number of esters is 1. The van der Waals surface area contributed by atoms with Crippen molar-refractivity contribution in [3.05, 3.63) is 58.6 Å². The lowest BCUT2D eigenvalue weighted by Crippen LogP contribution is -2.24. The van der Waals surface area contributed by atoms with Crippen LogP contribution < -0.4 is 15.2 Å². The number of sulfonamides is 1. The van der Waals surface area contributed by atoms with Crippen LogP contribution in [0.5, 0.6) is 5.75 Å². The largest absolute Gasteiger partial charge is 0.495 e. The standard InChI is InChI=1S/C17H17ClN2O6S/c1-25-14-7-4-12(17(22)26-10-16(19)21)8-15(14)27(23,24)20-9-11-2-5-13(18)6-3-11/h2-8,20H,9-10H2,1H3,(H2,19,21). The maximum absolute atomic E-state index is 12.6. The van der Waals surface area contributed by atoms with E-state index in [0.29, 0.717) is 10.6 Å². The highest BCUT2D eigenvalue weighted by Crippen LogP contribution is 2.25. The van der Waals surface area contributed by atoms with Gasteiger partial charge in [0.1, 0.15) is 10.6 Å². The van der Waals surface area contributed by atoms with Crippen molar-refractivity contribution in [1.29, 1.82) is 0 Å². The Bertz CT molecular complexity index is 944. The number of nitrogens with two attached hydrogens (primary N) is 1. The van der Waals surface area contributed by atoms with Gasteiger partial charge >= 0.3 is 5.97 Å². The van der Waals surface area contributed by atoms with E-state index in [4.69, 9.17) is 22.1 Å². The molecule has 0 saturated heterocycles. The summed E-state index contributed by atoms with van der Waals surface area (Å²) in [5, 5.41) is 0.533. The van der Waals surface area contributed by atoms with Gasteiger partial charge in [-0.3, -0.25) is 4.79 Å². The smallest absolute Gasteiger partial charge is 0.338 e. The molecule has 0 heterocycles. The van der Waals surface area contributed by atoms with Crippen molar-refractivity contribution in [2.45, 2.75) is 11.4 Å². The molecular weight excluding hydrogens is 396 g/mol. The summed E-state index contributed by atoms with van der Waals surface area (Å²) < 4.78 is 37.5. The molecule has 0 unspecified atom stereocenters. The monoisotopic (exact) mass is 412 g/mol. The second-order valence-corrected chi connectivity index (χ2v) is 7.53. The first-order valence-electron chi connectivity index (χ1n) is 7.60. The van der Waals surface area contributed by atoms with E-state index in [1.807, 2.05) is 0 Å². The number of ether oxygens (including phenoxy) is 2. The predicted molar refractivity (Wildman–Crippen MR) is 97.9 cm³/mol. The van der Waals surface area contributed by atoms with Crippen LogP contribution >= 0.6 is 11.6 Å². The molecular formula is C17H17ClN2O6S. The number of halogens is 1. The van der Waals surface area contributed by atoms with Gasteiger partial charge < -0.3 is 15.2 Å². The number of hydrogen-bond donors (Lipinski definition) is 2. The number of nitrogens with one attached hydrogen (secondary N) is 1. The molecule has 2 rings (SSSR count). The molecule has 0 spiro atoms. The summed E-state index contributed by atoms with van der Waals surface area (Å²) in [6, 6.07) is 10.4. The fourth-order valence-corrected chi connectivity index (χ4v) is 3.43. The Hall–Kier alpha value is -2.62. The van der Waals surface area contributed by atoms with Crippen LogP contribution in [-0.2, 0) is 26.1 Å². The molecule has 0 aliphatic rings. The number of methoxy groups -OCH3 is 1. The van der Waals surface area contributed by atoms with Crippen molar-refractivity contribution in [2.24, 2.45) is 5.73 Å². The Morgan fingerprint density at radius 2 is 1.81 bits per heavy atom. The maximum Gasteiger partial charge on any atom is 0.338 e. The Morgan fingerprint density at radius 1 is 1.15 bits per heavy atom. The summed E-state index contributed by atoms with van der Waals surface area (Å²) in [6.45, 7) is -0.596. The summed E-state index contributed by atoms with van der Waals surface area (Å²) in [5.41, 5.74) is 5.55. The summed E-state index contributed by atoms with van der Waals surface area (Å²) >= 11 is 5.80. The Balaban J connectivity index is 2.25. The third-order valence-corrected chi connectivity index (χ3v) is 5.09. The van der Waals surface area contributed by atoms with Gasteiger partial charge in [-0.15, -0.1) is 0 Å². The van der Waals surface area contributed by atoms with Crippen molar-refractivity contribution in [2.75, 3.05) is 13.7 Å². The van der Waals surface area contributed by atoms with Gasteiger partial charge in [0.15, 0.2) is 6.61 Å². The average molecular weight is 413 g/mol. The van der Waals surface area contributed by atoms with E-state index in [9.17, 15) is 18.0 Å². The first kappa shape index (κ1) is 20.7. The zero-order valence-corrected chi connectivity index (χ0v) is 15.8. The number of rotatable bonds is 8. The highest BCUT2D eigenvalue weighted by atomic mass is 35.5. The second-order valence-electron chi connectivity index (χ2n) is 5.36. The lowest BCUT2D eigenvalue weighted by atomic mass is 10.2. The summed E-state index contributed by atoms with van der Waals surface area (Å²) in [4.78, 5) is 22.4. The quantitative estimate of drug-likeness (QED) is 0.632. The van der Waals surface area contributed by atoms with Crippen LogP contribution in [-0.4, -0.2) is 34.0 Å². The molecule has 0 aromatic heterocycles. The molecule has 0 bridgehead atoms. The van der Waals surface area contributed by atoms with Crippen molar-refractivity contribution in [3.63, 3.8) is 0 Å². The van der Waals surface area contributed by atoms with E-state index < -0.39 is 28.5 Å². The third-order valence-electron chi connectivity index (χ3n) is 3.41. The van der Waals surface area contributed by atoms with Crippen LogP contribution in [0, 0.1) is 0 Å². The molecule has 0 fully saturated rings. The minimum absolute atomic E-state index is 0.0129. The van der Waals surface area contributed by atoms with Crippen molar-refractivity contribution in [3.8, 4) is 5.75 Å². The van der Waals surface area contributed by atoms with E-state index in [1.54, 1.807) is 24.3 Å². The number of amides is 1. The van der Waals surface area contributed by atoms with Crippen molar-refractivity contribution in [1.82, 2.24) is 4.72 Å². The molecule has 0 radical (unpaired) electrons. The van der Waals surface area contributed by atoms with E-state index >= 15 is 0 Å². The van der Waals surface area contributed by atoms with Gasteiger partial charge in [-0.25, -0.2) is 17.9 Å². The van der Waals surface area contributed by atoms with Crippen LogP contribution in [0.4, 0.5) is 0 Å². The molecule has 1 amide bonds. The number of carbonyl (C=O) groups is 2. The van der Waals surface area contributed by atoms with Crippen LogP contribution in [0.2, 0.25) is 5.02 Å². The van der Waals surface area contributed by atoms with Gasteiger partial charge in [0.25, 0.3) is 5.91 Å². The van der Waals surface area contributed by atoms with Crippen LogP contribution in [0.1, 0.15) is 15.9 Å². The molecule has 0 atom stereocenters. The van der Waals surface area contributed by atoms with E-state index in [0.717, 1.165) is 6.07 Å². The fourth-order valence-electron chi connectivity index (χ4n) is 2.09. The first-order valence-corrected chi connectivity index (χ1v) is 9.46. The Labute approximate surface area is 161 Å². The minimum atomic E-state index is -4.01. The third kappa shape index (κ3) is 5.68. The van der Waals surface area contributed by atoms with Crippen molar-refractivity contribution >= 4 is 33.5 Å². The molecule has 0 saturated carbocycles. The van der Waals surface area contributed by atoms with Gasteiger partial charge in [0.05, 0.1) is 12.7 Å². The van der Waals surface area contributed by atoms with Crippen molar-refractivity contribution < 1.29 is 27.5 Å². The SMILES string of the molecule is COc1ccc(C(=O)OCC(N)=O)cc1S(=O)(=O)NCc1ccc(Cl)cc1. The van der Waals surface area contributed by atoms with Gasteiger partial charge in [0.2, 0.25) is 10.0 Å². The molecule has 0 aliphatic heterocycles. The molecule has 3 N–H and O–H groups in total. The number of carbonyl (C=O) groups excluding carboxylic acids is 2. The predicted octanol–water partition coefficient (Wildman–Crippen LogP) is 1.47. The summed E-state index contributed by atoms with van der Waals surface area (Å²) in [6.07, 6.45) is 0. The second kappa shape index (κ2) is 8.85. The van der Waals surface area contributed by atoms with Crippen LogP contribution in [0.3, 0.4) is 0 Å². The van der Waals surface area contributed by atoms with E-state index in [2.05, 4.69) is 9.46 Å². The molecule has 144 valence electrons. The Kier molecular flexibility index (Phi) is 6.78. The molecule has 0 aliphatic carbocycles. The topological polar surface area (TPSA) is 125 Å². The minimum Gasteiger partial charge on any atom is -0.495 e. The normalized spacial score (nSPS) is 11.0. The zero-order chi connectivity index (χ0) is 20.0. The molecule has 8 nitrogen and oxygen atoms in total. The van der Waals surface area contributed by atoms with Crippen LogP contribution in [0.15, 0.2) is 47.4 Å².